The molecule has 1 aromatic heterocycles. The molecule has 0 fully saturated rings. The van der Waals surface area contributed by atoms with E-state index in [9.17, 15) is 14.9 Å². The van der Waals surface area contributed by atoms with Crippen molar-refractivity contribution in [2.45, 2.75) is 20.1 Å². The number of hydrogen-bond donors (Lipinski definition) is 0. The molecule has 0 spiro atoms. The Bertz CT molecular complexity index is 1090. The molecular weight excluding hydrogens is 338 g/mol. The van der Waals surface area contributed by atoms with Gasteiger partial charge in [-0.1, -0.05) is 11.6 Å². The molecule has 132 valence electrons. The fourth-order valence-corrected chi connectivity index (χ4v) is 3.07. The van der Waals surface area contributed by atoms with Crippen LogP contribution < -0.4 is 10.3 Å². The Morgan fingerprint density at radius 1 is 1.31 bits per heavy atom. The Labute approximate surface area is 147 Å². The Morgan fingerprint density at radius 2 is 2.15 bits per heavy atom. The third-order valence-corrected chi connectivity index (χ3v) is 4.30. The van der Waals surface area contributed by atoms with E-state index in [-0.39, 0.29) is 31.2 Å². The lowest BCUT2D eigenvalue weighted by molar-refractivity contribution is -0.385. The van der Waals surface area contributed by atoms with Gasteiger partial charge in [0.25, 0.3) is 11.2 Å². The predicted molar refractivity (Wildman–Crippen MR) is 93.2 cm³/mol. The molecule has 0 radical (unpaired) electrons. The quantitative estimate of drug-likeness (QED) is 0.530. The molecule has 0 saturated heterocycles. The van der Waals surface area contributed by atoms with E-state index in [1.165, 1.54) is 23.0 Å². The average molecular weight is 353 g/mol. The molecular formula is C18H15N3O5. The van der Waals surface area contributed by atoms with Crippen molar-refractivity contribution in [3.8, 4) is 5.75 Å². The number of rotatable bonds is 3. The fraction of sp³-hybridized carbons (Fsp3) is 0.222. The van der Waals surface area contributed by atoms with Crippen LogP contribution >= 0.6 is 0 Å². The van der Waals surface area contributed by atoms with Crippen LogP contribution in [0.15, 0.2) is 41.5 Å². The van der Waals surface area contributed by atoms with Gasteiger partial charge in [0.1, 0.15) is 5.75 Å². The lowest BCUT2D eigenvalue weighted by Crippen LogP contribution is -2.22. The maximum atomic E-state index is 12.8. The number of nitro benzene ring substituents is 1. The van der Waals surface area contributed by atoms with Crippen molar-refractivity contribution in [2.75, 3.05) is 6.79 Å². The van der Waals surface area contributed by atoms with Gasteiger partial charge < -0.3 is 9.47 Å². The number of benzene rings is 2. The van der Waals surface area contributed by atoms with Crippen molar-refractivity contribution in [3.05, 3.63) is 73.8 Å². The number of aromatic nitrogens is 2. The average Bonchev–Trinajstić information content (AvgIpc) is 2.64. The van der Waals surface area contributed by atoms with E-state index in [0.717, 1.165) is 5.56 Å². The smallest absolute Gasteiger partial charge is 0.270 e. The van der Waals surface area contributed by atoms with Crippen LogP contribution in [-0.2, 0) is 17.9 Å². The normalized spacial score (nSPS) is 13.3. The zero-order valence-electron chi connectivity index (χ0n) is 14.0. The number of nitrogens with zero attached hydrogens (tertiary/aromatic N) is 3. The van der Waals surface area contributed by atoms with Gasteiger partial charge in [0.05, 0.1) is 35.3 Å². The van der Waals surface area contributed by atoms with Gasteiger partial charge in [-0.05, 0) is 19.1 Å². The second-order valence-electron chi connectivity index (χ2n) is 6.16. The number of fused-ring (bicyclic) bond motifs is 2. The summed E-state index contributed by atoms with van der Waals surface area (Å²) in [5.74, 6) is 0.526. The molecule has 1 aliphatic heterocycles. The Hall–Kier alpha value is -3.26. The van der Waals surface area contributed by atoms with Crippen molar-refractivity contribution in [3.63, 3.8) is 0 Å². The van der Waals surface area contributed by atoms with Crippen LogP contribution in [0.4, 0.5) is 5.69 Å². The molecule has 4 rings (SSSR count). The summed E-state index contributed by atoms with van der Waals surface area (Å²) in [6.07, 6.45) is 1.45. The van der Waals surface area contributed by atoms with Crippen molar-refractivity contribution in [2.24, 2.45) is 0 Å². The largest absolute Gasteiger partial charge is 0.467 e. The monoisotopic (exact) mass is 353 g/mol. The second kappa shape index (κ2) is 6.23. The Balaban J connectivity index is 1.83. The van der Waals surface area contributed by atoms with Gasteiger partial charge in [0.2, 0.25) is 0 Å². The van der Waals surface area contributed by atoms with Gasteiger partial charge in [-0.2, -0.15) is 0 Å². The van der Waals surface area contributed by atoms with E-state index < -0.39 is 4.92 Å². The molecule has 0 N–H and O–H groups in total. The third kappa shape index (κ3) is 2.80. The van der Waals surface area contributed by atoms with E-state index in [1.54, 1.807) is 12.1 Å². The highest BCUT2D eigenvalue weighted by molar-refractivity contribution is 5.78. The van der Waals surface area contributed by atoms with Gasteiger partial charge in [-0.15, -0.1) is 0 Å². The van der Waals surface area contributed by atoms with Crippen molar-refractivity contribution in [1.29, 1.82) is 0 Å². The fourth-order valence-electron chi connectivity index (χ4n) is 3.07. The summed E-state index contributed by atoms with van der Waals surface area (Å²) < 4.78 is 12.2. The van der Waals surface area contributed by atoms with E-state index in [1.807, 2.05) is 13.0 Å². The number of nitro groups is 1. The van der Waals surface area contributed by atoms with Crippen LogP contribution in [0.2, 0.25) is 0 Å². The Morgan fingerprint density at radius 3 is 2.96 bits per heavy atom. The van der Waals surface area contributed by atoms with Crippen molar-refractivity contribution in [1.82, 2.24) is 9.55 Å². The van der Waals surface area contributed by atoms with E-state index in [2.05, 4.69) is 4.98 Å². The molecule has 0 atom stereocenters. The predicted octanol–water partition coefficient (Wildman–Crippen LogP) is 2.53. The third-order valence-electron chi connectivity index (χ3n) is 4.30. The first kappa shape index (κ1) is 16.2. The summed E-state index contributed by atoms with van der Waals surface area (Å²) in [5.41, 5.74) is 2.45. The van der Waals surface area contributed by atoms with Crippen molar-refractivity contribution >= 4 is 16.6 Å². The molecule has 2 heterocycles. The highest BCUT2D eigenvalue weighted by Gasteiger charge is 2.21. The highest BCUT2D eigenvalue weighted by Crippen LogP contribution is 2.33. The highest BCUT2D eigenvalue weighted by atomic mass is 16.7. The minimum Gasteiger partial charge on any atom is -0.467 e. The molecule has 26 heavy (non-hydrogen) atoms. The first-order valence-corrected chi connectivity index (χ1v) is 7.99. The number of aryl methyl sites for hydroxylation is 1. The van der Waals surface area contributed by atoms with Gasteiger partial charge >= 0.3 is 0 Å². The minimum absolute atomic E-state index is 0.0644. The number of non-ortho nitro benzene ring substituents is 1. The van der Waals surface area contributed by atoms with Crippen LogP contribution in [-0.4, -0.2) is 21.3 Å². The van der Waals surface area contributed by atoms with Crippen LogP contribution in [0.1, 0.15) is 16.7 Å². The van der Waals surface area contributed by atoms with Crippen LogP contribution in [0.25, 0.3) is 10.9 Å². The zero-order chi connectivity index (χ0) is 18.3. The van der Waals surface area contributed by atoms with Gasteiger partial charge in [0.15, 0.2) is 6.79 Å². The maximum absolute atomic E-state index is 12.8. The molecule has 8 heteroatoms. The second-order valence-corrected chi connectivity index (χ2v) is 6.16. The standard InChI is InChI=1S/C18H15N3O5/c1-11-2-3-16-15(4-11)18(22)20(9-19-16)7-12-5-14(21(23)24)6-13-8-25-10-26-17(12)13/h2-6,9H,7-8,10H2,1H3. The first-order valence-electron chi connectivity index (χ1n) is 7.99. The summed E-state index contributed by atoms with van der Waals surface area (Å²) in [7, 11) is 0. The van der Waals surface area contributed by atoms with Gasteiger partial charge in [-0.3, -0.25) is 19.5 Å². The van der Waals surface area contributed by atoms with E-state index in [4.69, 9.17) is 9.47 Å². The number of ether oxygens (including phenoxy) is 2. The molecule has 0 amide bonds. The molecule has 0 unspecified atom stereocenters. The van der Waals surface area contributed by atoms with Crippen LogP contribution in [0.3, 0.4) is 0 Å². The van der Waals surface area contributed by atoms with E-state index in [0.29, 0.717) is 27.8 Å². The summed E-state index contributed by atoms with van der Waals surface area (Å²) in [6.45, 7) is 2.33. The Kier molecular flexibility index (Phi) is 3.89. The molecule has 1 aliphatic rings. The topological polar surface area (TPSA) is 96.5 Å². The minimum atomic E-state index is -0.469. The summed E-state index contributed by atoms with van der Waals surface area (Å²) in [6, 6.07) is 8.34. The molecule has 0 saturated carbocycles. The molecule has 3 aromatic rings. The van der Waals surface area contributed by atoms with Gasteiger partial charge in [0, 0.05) is 23.3 Å². The van der Waals surface area contributed by atoms with Crippen LogP contribution in [0.5, 0.6) is 5.75 Å². The van der Waals surface area contributed by atoms with Crippen LogP contribution in [0, 0.1) is 17.0 Å². The summed E-state index contributed by atoms with van der Waals surface area (Å²) >= 11 is 0. The summed E-state index contributed by atoms with van der Waals surface area (Å²) in [5, 5.41) is 11.7. The van der Waals surface area contributed by atoms with E-state index >= 15 is 0 Å². The first-order chi connectivity index (χ1) is 12.5. The molecule has 0 aliphatic carbocycles. The summed E-state index contributed by atoms with van der Waals surface area (Å²) in [4.78, 5) is 27.9. The SMILES string of the molecule is Cc1ccc2ncn(Cc3cc([N+](=O)[O-])cc4c3OCOC4)c(=O)c2c1. The maximum Gasteiger partial charge on any atom is 0.270 e. The zero-order valence-corrected chi connectivity index (χ0v) is 14.0. The molecule has 8 nitrogen and oxygen atoms in total. The lowest BCUT2D eigenvalue weighted by atomic mass is 10.1. The van der Waals surface area contributed by atoms with Crippen molar-refractivity contribution < 1.29 is 14.4 Å². The molecule has 0 bridgehead atoms. The molecule has 2 aromatic carbocycles. The number of hydrogen-bond acceptors (Lipinski definition) is 6. The van der Waals surface area contributed by atoms with Gasteiger partial charge in [-0.25, -0.2) is 4.98 Å². The lowest BCUT2D eigenvalue weighted by Gasteiger charge is -2.21.